The molecule has 33 heavy (non-hydrogen) atoms. The summed E-state index contributed by atoms with van der Waals surface area (Å²) in [6, 6.07) is 15.6. The number of hydrogen-bond donors (Lipinski definition) is 2. The molecule has 0 fully saturated rings. The number of pyridine rings is 1. The van der Waals surface area contributed by atoms with Gasteiger partial charge in [0, 0.05) is 11.9 Å². The lowest BCUT2D eigenvalue weighted by molar-refractivity contribution is -0.114. The number of anilines is 3. The molecule has 0 aliphatic rings. The zero-order valence-corrected chi connectivity index (χ0v) is 19.7. The van der Waals surface area contributed by atoms with Crippen LogP contribution in [-0.2, 0) is 31.3 Å². The molecule has 2 N–H and O–H groups in total. The first-order valence-electron chi connectivity index (χ1n) is 9.98. The summed E-state index contributed by atoms with van der Waals surface area (Å²) < 4.78 is 52.9. The van der Waals surface area contributed by atoms with Crippen LogP contribution in [0.3, 0.4) is 0 Å². The van der Waals surface area contributed by atoms with Crippen molar-refractivity contribution >= 4 is 43.0 Å². The van der Waals surface area contributed by atoms with Gasteiger partial charge in [0.05, 0.1) is 28.7 Å². The van der Waals surface area contributed by atoms with Crippen molar-refractivity contribution in [3.05, 3.63) is 78.6 Å². The summed E-state index contributed by atoms with van der Waals surface area (Å²) in [5.74, 6) is -0.566. The Hall–Kier alpha value is -3.44. The second-order valence-corrected chi connectivity index (χ2v) is 10.8. The van der Waals surface area contributed by atoms with Crippen LogP contribution in [0.2, 0.25) is 0 Å². The molecule has 0 aliphatic carbocycles. The Morgan fingerprint density at radius 3 is 2.15 bits per heavy atom. The van der Waals surface area contributed by atoms with Crippen molar-refractivity contribution in [1.29, 1.82) is 0 Å². The monoisotopic (exact) mass is 488 g/mol. The molecule has 9 nitrogen and oxygen atoms in total. The van der Waals surface area contributed by atoms with Crippen molar-refractivity contribution in [2.75, 3.05) is 27.1 Å². The average molecular weight is 489 g/mol. The Labute approximate surface area is 193 Å². The number of carbonyl (C=O) groups excluding carboxylic acids is 1. The van der Waals surface area contributed by atoms with Crippen LogP contribution in [0.4, 0.5) is 17.1 Å². The number of aromatic nitrogens is 1. The maximum absolute atomic E-state index is 12.5. The Balaban J connectivity index is 1.70. The topological polar surface area (TPSA) is 126 Å². The molecule has 1 heterocycles. The van der Waals surface area contributed by atoms with Crippen LogP contribution in [0.15, 0.2) is 78.0 Å². The molecular weight excluding hydrogens is 464 g/mol. The van der Waals surface area contributed by atoms with E-state index in [0.29, 0.717) is 17.1 Å². The molecule has 1 amide bonds. The molecule has 11 heteroatoms. The minimum Gasteiger partial charge on any atom is -0.325 e. The summed E-state index contributed by atoms with van der Waals surface area (Å²) in [5, 5.41) is 2.59. The molecule has 0 saturated carbocycles. The zero-order valence-electron chi connectivity index (χ0n) is 18.1. The minimum atomic E-state index is -3.83. The lowest BCUT2D eigenvalue weighted by Crippen LogP contribution is -2.37. The summed E-state index contributed by atoms with van der Waals surface area (Å²) in [7, 11) is -7.53. The molecule has 2 aromatic carbocycles. The third-order valence-electron chi connectivity index (χ3n) is 4.68. The van der Waals surface area contributed by atoms with Crippen LogP contribution in [0.1, 0.15) is 12.5 Å². The van der Waals surface area contributed by atoms with Gasteiger partial charge in [0.2, 0.25) is 15.9 Å². The van der Waals surface area contributed by atoms with Crippen molar-refractivity contribution in [1.82, 2.24) is 4.98 Å². The maximum atomic E-state index is 12.5. The van der Waals surface area contributed by atoms with E-state index in [-0.39, 0.29) is 4.90 Å². The van der Waals surface area contributed by atoms with Crippen LogP contribution in [0.5, 0.6) is 0 Å². The Kier molecular flexibility index (Phi) is 7.34. The van der Waals surface area contributed by atoms with E-state index >= 15 is 0 Å². The third-order valence-corrected chi connectivity index (χ3v) is 7.22. The third kappa shape index (κ3) is 6.53. The predicted molar refractivity (Wildman–Crippen MR) is 128 cm³/mol. The lowest BCUT2D eigenvalue weighted by atomic mass is 10.1. The number of amides is 1. The Morgan fingerprint density at radius 2 is 1.61 bits per heavy atom. The predicted octanol–water partition coefficient (Wildman–Crippen LogP) is 2.85. The number of sulfonamides is 2. The Morgan fingerprint density at radius 1 is 0.939 bits per heavy atom. The molecule has 0 unspecified atom stereocenters. The van der Waals surface area contributed by atoms with Crippen LogP contribution >= 0.6 is 0 Å². The number of carbonyl (C=O) groups is 1. The molecule has 0 aliphatic heterocycles. The first-order valence-corrected chi connectivity index (χ1v) is 13.3. The molecule has 3 aromatic rings. The molecule has 3 rings (SSSR count). The van der Waals surface area contributed by atoms with Crippen molar-refractivity contribution < 1.29 is 21.6 Å². The van der Waals surface area contributed by atoms with E-state index in [9.17, 15) is 21.6 Å². The SMILES string of the molecule is CCc1ccc(N(CC(=O)Nc2ccc(S(=O)(=O)Nc3cccnc3)cc2)S(C)(=O)=O)cc1. The van der Waals surface area contributed by atoms with Crippen LogP contribution in [-0.4, -0.2) is 40.5 Å². The van der Waals surface area contributed by atoms with Crippen LogP contribution < -0.4 is 14.3 Å². The molecule has 0 saturated heterocycles. The van der Waals surface area contributed by atoms with Crippen molar-refractivity contribution in [2.24, 2.45) is 0 Å². The molecular formula is C22H24N4O5S2. The smallest absolute Gasteiger partial charge is 0.261 e. The fourth-order valence-corrected chi connectivity index (χ4v) is 4.88. The number of nitrogens with zero attached hydrogens (tertiary/aromatic N) is 2. The van der Waals surface area contributed by atoms with Gasteiger partial charge < -0.3 is 5.32 Å². The second-order valence-electron chi connectivity index (χ2n) is 7.21. The minimum absolute atomic E-state index is 0.00173. The number of benzene rings is 2. The molecule has 174 valence electrons. The van der Waals surface area contributed by atoms with Gasteiger partial charge in [-0.25, -0.2) is 16.8 Å². The highest BCUT2D eigenvalue weighted by Crippen LogP contribution is 2.20. The molecule has 0 radical (unpaired) electrons. The van der Waals surface area contributed by atoms with E-state index in [2.05, 4.69) is 15.0 Å². The zero-order chi connectivity index (χ0) is 24.1. The van der Waals surface area contributed by atoms with Gasteiger partial charge >= 0.3 is 0 Å². The van der Waals surface area contributed by atoms with E-state index in [1.165, 1.54) is 36.7 Å². The van der Waals surface area contributed by atoms with Gasteiger partial charge in [-0.2, -0.15) is 0 Å². The van der Waals surface area contributed by atoms with Gasteiger partial charge in [-0.3, -0.25) is 18.8 Å². The van der Waals surface area contributed by atoms with Gasteiger partial charge in [0.15, 0.2) is 0 Å². The molecule has 0 atom stereocenters. The van der Waals surface area contributed by atoms with Crippen molar-refractivity contribution in [3.63, 3.8) is 0 Å². The fourth-order valence-electron chi connectivity index (χ4n) is 2.98. The normalized spacial score (nSPS) is 11.6. The first kappa shape index (κ1) is 24.2. The highest BCUT2D eigenvalue weighted by Gasteiger charge is 2.21. The molecule has 1 aromatic heterocycles. The van der Waals surface area contributed by atoms with Crippen LogP contribution in [0.25, 0.3) is 0 Å². The lowest BCUT2D eigenvalue weighted by Gasteiger charge is -2.22. The number of rotatable bonds is 9. The number of nitrogens with one attached hydrogen (secondary N) is 2. The summed E-state index contributed by atoms with van der Waals surface area (Å²) in [4.78, 5) is 16.4. The second kappa shape index (κ2) is 10.0. The molecule has 0 bridgehead atoms. The number of hydrogen-bond acceptors (Lipinski definition) is 6. The summed E-state index contributed by atoms with van der Waals surface area (Å²) in [6.07, 6.45) is 4.75. The van der Waals surface area contributed by atoms with Gasteiger partial charge in [-0.05, 0) is 60.5 Å². The van der Waals surface area contributed by atoms with E-state index < -0.39 is 32.5 Å². The number of aryl methyl sites for hydroxylation is 1. The fraction of sp³-hybridized carbons (Fsp3) is 0.182. The van der Waals surface area contributed by atoms with Gasteiger partial charge in [0.1, 0.15) is 6.54 Å². The quantitative estimate of drug-likeness (QED) is 0.477. The standard InChI is InChI=1S/C22H24N4O5S2/c1-3-17-6-10-20(11-7-17)26(32(2,28)29)16-22(27)24-18-8-12-21(13-9-18)33(30,31)25-19-5-4-14-23-15-19/h4-15,25H,3,16H2,1-2H3,(H,24,27). The van der Waals surface area contributed by atoms with E-state index in [4.69, 9.17) is 0 Å². The largest absolute Gasteiger partial charge is 0.325 e. The summed E-state index contributed by atoms with van der Waals surface area (Å²) in [5.41, 5.74) is 2.08. The highest BCUT2D eigenvalue weighted by molar-refractivity contribution is 7.92. The van der Waals surface area contributed by atoms with E-state index in [0.717, 1.165) is 22.5 Å². The maximum Gasteiger partial charge on any atom is 0.261 e. The van der Waals surface area contributed by atoms with Crippen molar-refractivity contribution in [3.8, 4) is 0 Å². The average Bonchev–Trinajstić information content (AvgIpc) is 2.77. The Bertz CT molecular complexity index is 1310. The van der Waals surface area contributed by atoms with Gasteiger partial charge in [-0.15, -0.1) is 0 Å². The summed E-state index contributed by atoms with van der Waals surface area (Å²) in [6.45, 7) is 1.56. The highest BCUT2D eigenvalue weighted by atomic mass is 32.2. The van der Waals surface area contributed by atoms with Gasteiger partial charge in [0.25, 0.3) is 10.0 Å². The summed E-state index contributed by atoms with van der Waals surface area (Å²) >= 11 is 0. The van der Waals surface area contributed by atoms with E-state index in [1.54, 1.807) is 24.3 Å². The molecule has 0 spiro atoms. The first-order chi connectivity index (χ1) is 15.6. The van der Waals surface area contributed by atoms with Gasteiger partial charge in [-0.1, -0.05) is 19.1 Å². The van der Waals surface area contributed by atoms with Crippen LogP contribution in [0, 0.1) is 0 Å². The van der Waals surface area contributed by atoms with Crippen molar-refractivity contribution in [2.45, 2.75) is 18.2 Å². The van der Waals surface area contributed by atoms with E-state index in [1.807, 2.05) is 19.1 Å².